The molecule has 0 aromatic heterocycles. The second kappa shape index (κ2) is 2.73. The summed E-state index contributed by atoms with van der Waals surface area (Å²) in [5, 5.41) is 8.98. The molecule has 1 saturated carbocycles. The van der Waals surface area contributed by atoms with Gasteiger partial charge in [0.15, 0.2) is 0 Å². The van der Waals surface area contributed by atoms with Gasteiger partial charge in [0.05, 0.1) is 12.5 Å². The summed E-state index contributed by atoms with van der Waals surface area (Å²) in [6.45, 7) is 1.29. The van der Waals surface area contributed by atoms with Crippen LogP contribution in [0.15, 0.2) is 0 Å². The molecule has 3 nitrogen and oxygen atoms in total. The Hall–Kier alpha value is -0.570. The number of hydrogen-bond donors (Lipinski definition) is 1. The van der Waals surface area contributed by atoms with E-state index in [1.54, 1.807) is 0 Å². The Bertz CT molecular complexity index is 196. The Balaban J connectivity index is 2.11. The van der Waals surface area contributed by atoms with Crippen molar-refractivity contribution in [1.29, 1.82) is 0 Å². The van der Waals surface area contributed by atoms with Gasteiger partial charge in [0, 0.05) is 12.0 Å². The number of carbonyl (C=O) groups is 1. The van der Waals surface area contributed by atoms with Crippen molar-refractivity contribution in [3.05, 3.63) is 0 Å². The minimum absolute atomic E-state index is 0.0179. The summed E-state index contributed by atoms with van der Waals surface area (Å²) in [4.78, 5) is 10.9. The van der Waals surface area contributed by atoms with E-state index in [-0.39, 0.29) is 11.3 Å². The normalized spacial score (nSPS) is 32.8. The molecule has 1 saturated heterocycles. The highest BCUT2D eigenvalue weighted by Crippen LogP contribution is 2.50. The third-order valence-corrected chi connectivity index (χ3v) is 3.33. The highest BCUT2D eigenvalue weighted by atomic mass is 16.5. The molecule has 2 rings (SSSR count). The summed E-state index contributed by atoms with van der Waals surface area (Å²) in [5.41, 5.74) is 0.0179. The first-order valence-electron chi connectivity index (χ1n) is 4.55. The van der Waals surface area contributed by atoms with Crippen molar-refractivity contribution in [3.63, 3.8) is 0 Å². The zero-order valence-electron chi connectivity index (χ0n) is 7.08. The first-order chi connectivity index (χ1) is 5.75. The molecular formula is C9H14O3. The largest absolute Gasteiger partial charge is 0.481 e. The van der Waals surface area contributed by atoms with Crippen molar-refractivity contribution in [2.45, 2.75) is 25.7 Å². The quantitative estimate of drug-likeness (QED) is 0.644. The summed E-state index contributed by atoms with van der Waals surface area (Å²) in [6.07, 6.45) is 3.97. The van der Waals surface area contributed by atoms with E-state index in [9.17, 15) is 4.79 Å². The van der Waals surface area contributed by atoms with E-state index >= 15 is 0 Å². The molecule has 1 unspecified atom stereocenters. The standard InChI is InChI=1S/C9H14O3/c10-8(11)7-2-5-12-6-9(7)3-1-4-9/h7H,1-6H2,(H,10,11). The van der Waals surface area contributed by atoms with E-state index in [2.05, 4.69) is 0 Å². The van der Waals surface area contributed by atoms with E-state index in [4.69, 9.17) is 9.84 Å². The molecule has 68 valence electrons. The van der Waals surface area contributed by atoms with E-state index in [0.717, 1.165) is 12.8 Å². The van der Waals surface area contributed by atoms with Crippen LogP contribution in [0.4, 0.5) is 0 Å². The predicted molar refractivity (Wildman–Crippen MR) is 42.8 cm³/mol. The van der Waals surface area contributed by atoms with Crippen LogP contribution in [0.25, 0.3) is 0 Å². The molecule has 0 radical (unpaired) electrons. The van der Waals surface area contributed by atoms with Crippen molar-refractivity contribution < 1.29 is 14.6 Å². The number of rotatable bonds is 1. The van der Waals surface area contributed by atoms with Gasteiger partial charge in [-0.15, -0.1) is 0 Å². The Morgan fingerprint density at radius 3 is 2.67 bits per heavy atom. The lowest BCUT2D eigenvalue weighted by atomic mass is 9.60. The molecule has 0 aromatic carbocycles. The van der Waals surface area contributed by atoms with Crippen LogP contribution in [-0.4, -0.2) is 24.3 Å². The molecular weight excluding hydrogens is 156 g/mol. The van der Waals surface area contributed by atoms with Gasteiger partial charge in [-0.25, -0.2) is 0 Å². The fourth-order valence-corrected chi connectivity index (χ4v) is 2.39. The van der Waals surface area contributed by atoms with Crippen LogP contribution in [0.1, 0.15) is 25.7 Å². The fraction of sp³-hybridized carbons (Fsp3) is 0.889. The minimum Gasteiger partial charge on any atom is -0.481 e. The van der Waals surface area contributed by atoms with Crippen LogP contribution < -0.4 is 0 Å². The third-order valence-electron chi connectivity index (χ3n) is 3.33. The first kappa shape index (κ1) is 8.05. The van der Waals surface area contributed by atoms with Gasteiger partial charge in [0.1, 0.15) is 0 Å². The van der Waals surface area contributed by atoms with Crippen molar-refractivity contribution >= 4 is 5.97 Å². The maximum absolute atomic E-state index is 10.9. The zero-order valence-corrected chi connectivity index (χ0v) is 7.08. The molecule has 1 aliphatic carbocycles. The summed E-state index contributed by atoms with van der Waals surface area (Å²) in [5.74, 6) is -0.766. The molecule has 0 amide bonds. The van der Waals surface area contributed by atoms with Crippen LogP contribution in [0.2, 0.25) is 0 Å². The second-order valence-electron chi connectivity index (χ2n) is 3.95. The Labute approximate surface area is 71.7 Å². The maximum Gasteiger partial charge on any atom is 0.307 e. The first-order valence-corrected chi connectivity index (χ1v) is 4.55. The topological polar surface area (TPSA) is 46.5 Å². The molecule has 1 N–H and O–H groups in total. The average molecular weight is 170 g/mol. The SMILES string of the molecule is O=C(O)C1CCOCC12CCC2. The molecule has 1 atom stereocenters. The second-order valence-corrected chi connectivity index (χ2v) is 3.95. The molecule has 2 aliphatic rings. The molecule has 1 heterocycles. The predicted octanol–water partition coefficient (Wildman–Crippen LogP) is 1.28. The molecule has 2 fully saturated rings. The average Bonchev–Trinajstić information content (AvgIpc) is 2.01. The molecule has 3 heteroatoms. The van der Waals surface area contributed by atoms with Gasteiger partial charge in [0.2, 0.25) is 0 Å². The monoisotopic (exact) mass is 170 g/mol. The number of aliphatic carboxylic acids is 1. The zero-order chi connectivity index (χ0) is 8.60. The lowest BCUT2D eigenvalue weighted by molar-refractivity contribution is -0.163. The van der Waals surface area contributed by atoms with E-state index in [1.165, 1.54) is 6.42 Å². The summed E-state index contributed by atoms with van der Waals surface area (Å²) in [7, 11) is 0. The smallest absolute Gasteiger partial charge is 0.307 e. The van der Waals surface area contributed by atoms with Gasteiger partial charge in [0.25, 0.3) is 0 Å². The summed E-state index contributed by atoms with van der Waals surface area (Å²) in [6, 6.07) is 0. The lowest BCUT2D eigenvalue weighted by Crippen LogP contribution is -2.48. The van der Waals surface area contributed by atoms with Crippen molar-refractivity contribution in [2.24, 2.45) is 11.3 Å². The van der Waals surface area contributed by atoms with Crippen LogP contribution in [0.5, 0.6) is 0 Å². The molecule has 0 aromatic rings. The molecule has 12 heavy (non-hydrogen) atoms. The Morgan fingerprint density at radius 2 is 2.25 bits per heavy atom. The van der Waals surface area contributed by atoms with Crippen molar-refractivity contribution in [2.75, 3.05) is 13.2 Å². The maximum atomic E-state index is 10.9. The number of ether oxygens (including phenoxy) is 1. The van der Waals surface area contributed by atoms with Crippen LogP contribution in [0, 0.1) is 11.3 Å². The van der Waals surface area contributed by atoms with Crippen LogP contribution in [0.3, 0.4) is 0 Å². The fourth-order valence-electron chi connectivity index (χ4n) is 2.39. The van der Waals surface area contributed by atoms with Crippen LogP contribution >= 0.6 is 0 Å². The highest BCUT2D eigenvalue weighted by molar-refractivity contribution is 5.71. The van der Waals surface area contributed by atoms with E-state index in [1.807, 2.05) is 0 Å². The number of carboxylic acid groups (broad SMARTS) is 1. The van der Waals surface area contributed by atoms with E-state index < -0.39 is 5.97 Å². The number of carboxylic acids is 1. The van der Waals surface area contributed by atoms with Crippen molar-refractivity contribution in [1.82, 2.24) is 0 Å². The van der Waals surface area contributed by atoms with E-state index in [0.29, 0.717) is 19.6 Å². The molecule has 1 spiro atoms. The third kappa shape index (κ3) is 1.04. The van der Waals surface area contributed by atoms with Crippen molar-refractivity contribution in [3.8, 4) is 0 Å². The van der Waals surface area contributed by atoms with Gasteiger partial charge < -0.3 is 9.84 Å². The number of hydrogen-bond acceptors (Lipinski definition) is 2. The van der Waals surface area contributed by atoms with Gasteiger partial charge in [-0.1, -0.05) is 6.42 Å². The van der Waals surface area contributed by atoms with Crippen LogP contribution in [-0.2, 0) is 9.53 Å². The molecule has 0 bridgehead atoms. The summed E-state index contributed by atoms with van der Waals surface area (Å²) >= 11 is 0. The summed E-state index contributed by atoms with van der Waals surface area (Å²) < 4.78 is 5.34. The Kier molecular flexibility index (Phi) is 1.83. The Morgan fingerprint density at radius 1 is 1.50 bits per heavy atom. The lowest BCUT2D eigenvalue weighted by Gasteiger charge is -2.48. The van der Waals surface area contributed by atoms with Gasteiger partial charge in [-0.05, 0) is 19.3 Å². The minimum atomic E-state index is -0.627. The highest BCUT2D eigenvalue weighted by Gasteiger charge is 2.49. The van der Waals surface area contributed by atoms with Gasteiger partial charge in [-0.2, -0.15) is 0 Å². The van der Waals surface area contributed by atoms with Gasteiger partial charge in [-0.3, -0.25) is 4.79 Å². The van der Waals surface area contributed by atoms with Gasteiger partial charge >= 0.3 is 5.97 Å². The molecule has 1 aliphatic heterocycles.